The van der Waals surface area contributed by atoms with Gasteiger partial charge in [0.2, 0.25) is 0 Å². The van der Waals surface area contributed by atoms with Crippen molar-refractivity contribution in [1.29, 1.82) is 0 Å². The molecule has 0 saturated heterocycles. The van der Waals surface area contributed by atoms with Gasteiger partial charge in [-0.15, -0.1) is 11.3 Å². The molecule has 0 atom stereocenters. The molecule has 0 aliphatic carbocycles. The fraction of sp³-hybridized carbons (Fsp3) is 0.643. The van der Waals surface area contributed by atoms with Crippen molar-refractivity contribution in [2.75, 3.05) is 26.2 Å². The summed E-state index contributed by atoms with van der Waals surface area (Å²) in [6.07, 6.45) is 6.16. The Hall–Kier alpha value is -0.910. The molecule has 0 aliphatic heterocycles. The number of hydrogen-bond acceptors (Lipinski definition) is 4. The van der Waals surface area contributed by atoms with E-state index in [2.05, 4.69) is 39.2 Å². The van der Waals surface area contributed by atoms with E-state index < -0.39 is 0 Å². The van der Waals surface area contributed by atoms with Gasteiger partial charge in [-0.3, -0.25) is 4.40 Å². The third kappa shape index (κ3) is 4.60. The summed E-state index contributed by atoms with van der Waals surface area (Å²) in [6, 6.07) is 0. The number of nitrogens with one attached hydrogen (secondary N) is 2. The largest absolute Gasteiger partial charge is 0.316 e. The summed E-state index contributed by atoms with van der Waals surface area (Å²) in [5, 5.41) is 9.16. The third-order valence-corrected chi connectivity index (χ3v) is 3.94. The smallest absolute Gasteiger partial charge is 0.193 e. The van der Waals surface area contributed by atoms with Gasteiger partial charge in [0, 0.05) is 36.4 Å². The van der Waals surface area contributed by atoms with E-state index in [0.717, 1.165) is 43.5 Å². The van der Waals surface area contributed by atoms with Crippen LogP contribution in [0.3, 0.4) is 0 Å². The second kappa shape index (κ2) is 7.62. The Labute approximate surface area is 119 Å². The van der Waals surface area contributed by atoms with E-state index in [0.29, 0.717) is 0 Å². The predicted octanol–water partition coefficient (Wildman–Crippen LogP) is 2.16. The lowest BCUT2D eigenvalue weighted by Gasteiger charge is -2.08. The number of thiazole rings is 1. The fourth-order valence-electron chi connectivity index (χ4n) is 2.02. The molecule has 0 aliphatic rings. The Morgan fingerprint density at radius 2 is 2.11 bits per heavy atom. The average Bonchev–Trinajstić information content (AvgIpc) is 2.96. The zero-order valence-electron chi connectivity index (χ0n) is 11.9. The molecule has 2 aromatic rings. The minimum absolute atomic E-state index is 0.740. The standard InChI is InChI=1S/C14H24N4S/c1-12(2)10-16-6-3-5-15-7-4-13-11-19-14-17-8-9-18(13)14/h8-9,11-12,15-16H,3-7,10H2,1-2H3. The molecule has 0 bridgehead atoms. The van der Waals surface area contributed by atoms with Crippen molar-refractivity contribution in [2.45, 2.75) is 26.7 Å². The van der Waals surface area contributed by atoms with E-state index in [4.69, 9.17) is 0 Å². The van der Waals surface area contributed by atoms with Crippen LogP contribution in [0.5, 0.6) is 0 Å². The van der Waals surface area contributed by atoms with Gasteiger partial charge in [-0.1, -0.05) is 13.8 Å². The molecular weight excluding hydrogens is 256 g/mol. The Morgan fingerprint density at radius 3 is 2.95 bits per heavy atom. The van der Waals surface area contributed by atoms with Crippen molar-refractivity contribution in [3.8, 4) is 0 Å². The first-order valence-corrected chi connectivity index (χ1v) is 7.96. The molecule has 106 valence electrons. The number of fused-ring (bicyclic) bond motifs is 1. The van der Waals surface area contributed by atoms with Crippen LogP contribution in [0, 0.1) is 5.92 Å². The highest BCUT2D eigenvalue weighted by atomic mass is 32.1. The average molecular weight is 280 g/mol. The first-order valence-electron chi connectivity index (χ1n) is 7.08. The van der Waals surface area contributed by atoms with Crippen LogP contribution in [0.1, 0.15) is 26.0 Å². The van der Waals surface area contributed by atoms with Gasteiger partial charge in [0.05, 0.1) is 0 Å². The van der Waals surface area contributed by atoms with Gasteiger partial charge in [0.15, 0.2) is 4.96 Å². The molecule has 2 N–H and O–H groups in total. The molecule has 4 nitrogen and oxygen atoms in total. The summed E-state index contributed by atoms with van der Waals surface area (Å²) in [4.78, 5) is 5.38. The monoisotopic (exact) mass is 280 g/mol. The van der Waals surface area contributed by atoms with E-state index in [9.17, 15) is 0 Å². The summed E-state index contributed by atoms with van der Waals surface area (Å²) in [5.74, 6) is 0.740. The minimum Gasteiger partial charge on any atom is -0.316 e. The molecule has 0 aromatic carbocycles. The maximum Gasteiger partial charge on any atom is 0.193 e. The molecule has 2 aromatic heterocycles. The van der Waals surface area contributed by atoms with Crippen LogP contribution in [0.15, 0.2) is 17.8 Å². The van der Waals surface area contributed by atoms with Crippen molar-refractivity contribution in [2.24, 2.45) is 5.92 Å². The number of nitrogens with zero attached hydrogens (tertiary/aromatic N) is 2. The SMILES string of the molecule is CC(C)CNCCCNCCc1csc2nccn12. The van der Waals surface area contributed by atoms with Crippen molar-refractivity contribution in [1.82, 2.24) is 20.0 Å². The maximum absolute atomic E-state index is 4.28. The highest BCUT2D eigenvalue weighted by Crippen LogP contribution is 2.14. The summed E-state index contributed by atoms with van der Waals surface area (Å²) in [5.41, 5.74) is 1.35. The highest BCUT2D eigenvalue weighted by molar-refractivity contribution is 7.15. The van der Waals surface area contributed by atoms with E-state index in [1.54, 1.807) is 11.3 Å². The summed E-state index contributed by atoms with van der Waals surface area (Å²) in [7, 11) is 0. The lowest BCUT2D eigenvalue weighted by atomic mass is 10.2. The van der Waals surface area contributed by atoms with Crippen LogP contribution in [-0.2, 0) is 6.42 Å². The molecule has 2 rings (SSSR count). The maximum atomic E-state index is 4.28. The summed E-state index contributed by atoms with van der Waals surface area (Å²) >= 11 is 1.71. The first-order chi connectivity index (χ1) is 9.27. The Kier molecular flexibility index (Phi) is 5.82. The zero-order valence-corrected chi connectivity index (χ0v) is 12.7. The van der Waals surface area contributed by atoms with E-state index in [1.165, 1.54) is 12.1 Å². The number of rotatable bonds is 9. The van der Waals surface area contributed by atoms with Crippen LogP contribution >= 0.6 is 11.3 Å². The molecule has 19 heavy (non-hydrogen) atoms. The molecule has 5 heteroatoms. The Morgan fingerprint density at radius 1 is 1.26 bits per heavy atom. The number of imidazole rings is 1. The van der Waals surface area contributed by atoms with E-state index >= 15 is 0 Å². The van der Waals surface area contributed by atoms with Gasteiger partial charge < -0.3 is 10.6 Å². The van der Waals surface area contributed by atoms with Gasteiger partial charge in [0.1, 0.15) is 0 Å². The van der Waals surface area contributed by atoms with Crippen molar-refractivity contribution < 1.29 is 0 Å². The van der Waals surface area contributed by atoms with Crippen LogP contribution in [-0.4, -0.2) is 35.6 Å². The number of aromatic nitrogens is 2. The minimum atomic E-state index is 0.740. The Bertz CT molecular complexity index is 474. The molecule has 0 radical (unpaired) electrons. The molecule has 0 unspecified atom stereocenters. The van der Waals surface area contributed by atoms with Gasteiger partial charge in [-0.25, -0.2) is 4.98 Å². The topological polar surface area (TPSA) is 41.4 Å². The second-order valence-electron chi connectivity index (χ2n) is 5.26. The Balaban J connectivity index is 1.54. The van der Waals surface area contributed by atoms with Gasteiger partial charge in [-0.05, 0) is 32.0 Å². The normalized spacial score (nSPS) is 11.7. The van der Waals surface area contributed by atoms with E-state index in [-0.39, 0.29) is 0 Å². The van der Waals surface area contributed by atoms with E-state index in [1.807, 2.05) is 12.4 Å². The molecule has 0 saturated carbocycles. The van der Waals surface area contributed by atoms with Crippen molar-refractivity contribution >= 4 is 16.3 Å². The molecule has 0 fully saturated rings. The summed E-state index contributed by atoms with van der Waals surface area (Å²) in [6.45, 7) is 8.82. The van der Waals surface area contributed by atoms with Crippen molar-refractivity contribution in [3.63, 3.8) is 0 Å². The van der Waals surface area contributed by atoms with Crippen LogP contribution in [0.25, 0.3) is 4.96 Å². The highest BCUT2D eigenvalue weighted by Gasteiger charge is 2.02. The molecule has 0 amide bonds. The lowest BCUT2D eigenvalue weighted by molar-refractivity contribution is 0.530. The molecular formula is C14H24N4S. The fourth-order valence-corrected chi connectivity index (χ4v) is 2.91. The second-order valence-corrected chi connectivity index (χ2v) is 6.09. The zero-order chi connectivity index (χ0) is 13.5. The summed E-state index contributed by atoms with van der Waals surface area (Å²) < 4.78 is 2.18. The van der Waals surface area contributed by atoms with Crippen LogP contribution in [0.2, 0.25) is 0 Å². The quantitative estimate of drug-likeness (QED) is 0.692. The number of hydrogen-bond donors (Lipinski definition) is 2. The molecule has 2 heterocycles. The predicted molar refractivity (Wildman–Crippen MR) is 82.0 cm³/mol. The molecule has 0 spiro atoms. The van der Waals surface area contributed by atoms with Crippen LogP contribution < -0.4 is 10.6 Å². The first kappa shape index (κ1) is 14.5. The van der Waals surface area contributed by atoms with Gasteiger partial charge in [-0.2, -0.15) is 0 Å². The van der Waals surface area contributed by atoms with Crippen LogP contribution in [0.4, 0.5) is 0 Å². The third-order valence-electron chi connectivity index (χ3n) is 3.03. The van der Waals surface area contributed by atoms with Gasteiger partial charge in [0.25, 0.3) is 0 Å². The lowest BCUT2D eigenvalue weighted by Crippen LogP contribution is -2.25. The van der Waals surface area contributed by atoms with Gasteiger partial charge >= 0.3 is 0 Å². The van der Waals surface area contributed by atoms with Crippen molar-refractivity contribution in [3.05, 3.63) is 23.5 Å².